The lowest BCUT2D eigenvalue weighted by molar-refractivity contribution is -0.179. The van der Waals surface area contributed by atoms with Crippen LogP contribution in [0.2, 0.25) is 0 Å². The summed E-state index contributed by atoms with van der Waals surface area (Å²) in [7, 11) is 0. The summed E-state index contributed by atoms with van der Waals surface area (Å²) in [5.74, 6) is -1.77. The number of alkyl halides is 3. The molecule has 1 aromatic rings. The van der Waals surface area contributed by atoms with Crippen LogP contribution in [0.25, 0.3) is 0 Å². The molecule has 1 atom stereocenters. The van der Waals surface area contributed by atoms with Gasteiger partial charge in [-0.3, -0.25) is 0 Å². The van der Waals surface area contributed by atoms with Crippen molar-refractivity contribution in [3.63, 3.8) is 0 Å². The average molecular weight is 335 g/mol. The van der Waals surface area contributed by atoms with Gasteiger partial charge in [0.05, 0.1) is 11.1 Å². The summed E-state index contributed by atoms with van der Waals surface area (Å²) in [4.78, 5) is 0. The molecule has 0 aliphatic rings. The second-order valence-corrected chi connectivity index (χ2v) is 4.29. The molecule has 0 aromatic heterocycles. The van der Waals surface area contributed by atoms with Crippen LogP contribution in [-0.2, 0) is 4.74 Å². The Labute approximate surface area is 107 Å². The van der Waals surface area contributed by atoms with Crippen molar-refractivity contribution in [1.82, 2.24) is 0 Å². The van der Waals surface area contributed by atoms with Gasteiger partial charge in [-0.05, 0) is 28.1 Å². The molecule has 2 nitrogen and oxygen atoms in total. The zero-order valence-corrected chi connectivity index (χ0v) is 10.4. The first kappa shape index (κ1) is 15.3. The lowest BCUT2D eigenvalue weighted by atomic mass is 10.1. The predicted molar refractivity (Wildman–Crippen MR) is 55.9 cm³/mol. The van der Waals surface area contributed by atoms with Crippen molar-refractivity contribution in [1.29, 1.82) is 0 Å². The molecule has 0 spiro atoms. The first-order valence-corrected chi connectivity index (χ1v) is 5.47. The van der Waals surface area contributed by atoms with Crippen LogP contribution in [0.5, 0.6) is 0 Å². The van der Waals surface area contributed by atoms with Gasteiger partial charge in [0.2, 0.25) is 0 Å². The van der Waals surface area contributed by atoms with Crippen LogP contribution in [0.4, 0.5) is 22.0 Å². The van der Waals surface area contributed by atoms with Crippen molar-refractivity contribution >= 4 is 15.9 Å². The Balaban J connectivity index is 2.67. The molecule has 0 saturated carbocycles. The van der Waals surface area contributed by atoms with Gasteiger partial charge in [-0.25, -0.2) is 8.78 Å². The third-order valence-electron chi connectivity index (χ3n) is 1.94. The van der Waals surface area contributed by atoms with Crippen LogP contribution in [0.15, 0.2) is 16.6 Å². The number of rotatable bonds is 4. The van der Waals surface area contributed by atoms with Crippen LogP contribution in [-0.4, -0.2) is 24.5 Å². The minimum atomic E-state index is -4.54. The molecule has 0 bridgehead atoms. The summed E-state index contributed by atoms with van der Waals surface area (Å²) in [5.41, 5.74) is -0.460. The number of halogens is 6. The predicted octanol–water partition coefficient (Wildman–Crippen LogP) is 3.34. The van der Waals surface area contributed by atoms with Crippen molar-refractivity contribution in [2.45, 2.75) is 12.3 Å². The number of aliphatic hydroxyl groups excluding tert-OH is 1. The molecule has 1 N–H and O–H groups in total. The van der Waals surface area contributed by atoms with Gasteiger partial charge >= 0.3 is 6.18 Å². The van der Waals surface area contributed by atoms with Crippen molar-refractivity contribution < 1.29 is 31.8 Å². The van der Waals surface area contributed by atoms with E-state index in [4.69, 9.17) is 0 Å². The third-order valence-corrected chi connectivity index (χ3v) is 2.55. The highest BCUT2D eigenvalue weighted by Gasteiger charge is 2.28. The fraction of sp³-hybridized carbons (Fsp3) is 0.400. The smallest absolute Gasteiger partial charge is 0.386 e. The van der Waals surface area contributed by atoms with E-state index < -0.39 is 42.7 Å². The minimum Gasteiger partial charge on any atom is -0.386 e. The topological polar surface area (TPSA) is 29.5 Å². The fourth-order valence-electron chi connectivity index (χ4n) is 1.17. The van der Waals surface area contributed by atoms with Crippen LogP contribution >= 0.6 is 15.9 Å². The number of hydrogen-bond acceptors (Lipinski definition) is 2. The molecule has 0 saturated heterocycles. The first-order chi connectivity index (χ1) is 8.20. The van der Waals surface area contributed by atoms with E-state index in [2.05, 4.69) is 20.7 Å². The zero-order valence-electron chi connectivity index (χ0n) is 8.77. The zero-order chi connectivity index (χ0) is 13.9. The van der Waals surface area contributed by atoms with E-state index >= 15 is 0 Å². The molecule has 102 valence electrons. The van der Waals surface area contributed by atoms with Crippen molar-refractivity contribution in [3.8, 4) is 0 Å². The van der Waals surface area contributed by atoms with Gasteiger partial charge in [0.25, 0.3) is 0 Å². The maximum absolute atomic E-state index is 13.3. The SMILES string of the molecule is OC(COCC(F)(F)F)c1cc(F)c(Br)cc1F. The number of ether oxygens (including phenoxy) is 1. The highest BCUT2D eigenvalue weighted by molar-refractivity contribution is 9.10. The Bertz CT molecular complexity index is 421. The molecule has 1 unspecified atom stereocenters. The molecule has 0 fully saturated rings. The van der Waals surface area contributed by atoms with Gasteiger partial charge in [0.15, 0.2) is 0 Å². The lowest BCUT2D eigenvalue weighted by Gasteiger charge is -2.14. The Hall–Kier alpha value is -0.730. The van der Waals surface area contributed by atoms with Gasteiger partial charge in [0, 0.05) is 5.56 Å². The van der Waals surface area contributed by atoms with Gasteiger partial charge in [-0.1, -0.05) is 0 Å². The molecule has 0 radical (unpaired) electrons. The number of aliphatic hydroxyl groups is 1. The van der Waals surface area contributed by atoms with Gasteiger partial charge in [-0.15, -0.1) is 0 Å². The van der Waals surface area contributed by atoms with Gasteiger partial charge in [0.1, 0.15) is 24.3 Å². The van der Waals surface area contributed by atoms with Gasteiger partial charge in [-0.2, -0.15) is 13.2 Å². The molecular formula is C10H8BrF5O2. The van der Waals surface area contributed by atoms with E-state index in [0.29, 0.717) is 6.07 Å². The average Bonchev–Trinajstić information content (AvgIpc) is 2.21. The van der Waals surface area contributed by atoms with Crippen molar-refractivity contribution in [2.24, 2.45) is 0 Å². The van der Waals surface area contributed by atoms with Crippen LogP contribution in [0.3, 0.4) is 0 Å². The van der Waals surface area contributed by atoms with E-state index in [1.165, 1.54) is 0 Å². The summed E-state index contributed by atoms with van der Waals surface area (Å²) in [6, 6.07) is 1.47. The largest absolute Gasteiger partial charge is 0.411 e. The van der Waals surface area contributed by atoms with E-state index in [1.54, 1.807) is 0 Å². The monoisotopic (exact) mass is 334 g/mol. The highest BCUT2D eigenvalue weighted by Crippen LogP contribution is 2.25. The number of hydrogen-bond donors (Lipinski definition) is 1. The summed E-state index contributed by atoms with van der Waals surface area (Å²) in [6.45, 7) is -2.35. The Morgan fingerprint density at radius 2 is 1.83 bits per heavy atom. The standard InChI is InChI=1S/C10H8BrF5O2/c11-6-2-7(12)5(1-8(6)13)9(17)3-18-4-10(14,15)16/h1-2,9,17H,3-4H2. The van der Waals surface area contributed by atoms with E-state index in [9.17, 15) is 27.1 Å². The number of benzene rings is 1. The quantitative estimate of drug-likeness (QED) is 0.676. The molecule has 1 rings (SSSR count). The first-order valence-electron chi connectivity index (χ1n) is 4.67. The summed E-state index contributed by atoms with van der Waals surface area (Å²) in [5, 5.41) is 9.40. The summed E-state index contributed by atoms with van der Waals surface area (Å²) in [6.07, 6.45) is -6.21. The normalized spacial score (nSPS) is 13.7. The lowest BCUT2D eigenvalue weighted by Crippen LogP contribution is -2.20. The van der Waals surface area contributed by atoms with Crippen LogP contribution < -0.4 is 0 Å². The minimum absolute atomic E-state index is 0.146. The molecule has 0 amide bonds. The summed E-state index contributed by atoms with van der Waals surface area (Å²) >= 11 is 2.73. The molecule has 8 heteroatoms. The van der Waals surface area contributed by atoms with E-state index in [0.717, 1.165) is 6.07 Å². The van der Waals surface area contributed by atoms with E-state index in [1.807, 2.05) is 0 Å². The molecule has 0 aliphatic carbocycles. The molecule has 1 aromatic carbocycles. The maximum atomic E-state index is 13.3. The fourth-order valence-corrected chi connectivity index (χ4v) is 1.48. The van der Waals surface area contributed by atoms with E-state index in [-0.39, 0.29) is 4.47 Å². The van der Waals surface area contributed by atoms with Crippen molar-refractivity contribution in [2.75, 3.05) is 13.2 Å². The molecule has 0 heterocycles. The van der Waals surface area contributed by atoms with Gasteiger partial charge < -0.3 is 9.84 Å². The summed E-state index contributed by atoms with van der Waals surface area (Å²) < 4.78 is 65.7. The molecule has 0 aliphatic heterocycles. The highest BCUT2D eigenvalue weighted by atomic mass is 79.9. The second kappa shape index (κ2) is 5.94. The molecule has 18 heavy (non-hydrogen) atoms. The maximum Gasteiger partial charge on any atom is 0.411 e. The molecular weight excluding hydrogens is 327 g/mol. The Morgan fingerprint density at radius 1 is 1.22 bits per heavy atom. The Kier molecular flexibility index (Phi) is 5.06. The van der Waals surface area contributed by atoms with Crippen LogP contribution in [0, 0.1) is 11.6 Å². The Morgan fingerprint density at radius 3 is 2.39 bits per heavy atom. The van der Waals surface area contributed by atoms with Crippen molar-refractivity contribution in [3.05, 3.63) is 33.8 Å². The van der Waals surface area contributed by atoms with Crippen LogP contribution in [0.1, 0.15) is 11.7 Å². The second-order valence-electron chi connectivity index (χ2n) is 3.43. The third kappa shape index (κ3) is 4.51.